The molecule has 0 saturated carbocycles. The lowest BCUT2D eigenvalue weighted by atomic mass is 10.4. The summed E-state index contributed by atoms with van der Waals surface area (Å²) in [7, 11) is 0. The maximum atomic E-state index is 5.28. The van der Waals surface area contributed by atoms with Crippen molar-refractivity contribution in [3.63, 3.8) is 0 Å². The average Bonchev–Trinajstić information content (AvgIpc) is 2.14. The lowest BCUT2D eigenvalue weighted by molar-refractivity contribution is 1.22. The van der Waals surface area contributed by atoms with E-state index in [-0.39, 0.29) is 0 Å². The van der Waals surface area contributed by atoms with E-state index in [1.165, 1.54) is 0 Å². The highest BCUT2D eigenvalue weighted by atomic mass is 14.9. The van der Waals surface area contributed by atoms with Crippen molar-refractivity contribution in [2.24, 2.45) is 5.73 Å². The van der Waals surface area contributed by atoms with Crippen LogP contribution < -0.4 is 11.1 Å². The Morgan fingerprint density at radius 3 is 2.75 bits per heavy atom. The fraction of sp³-hybridized carbons (Fsp3) is 0.222. The zero-order valence-corrected chi connectivity index (χ0v) is 6.90. The molecule has 0 unspecified atom stereocenters. The summed E-state index contributed by atoms with van der Waals surface area (Å²) in [6, 6.07) is 3.85. The second-order valence-corrected chi connectivity index (χ2v) is 2.32. The Bertz CT molecular complexity index is 231. The smallest absolute Gasteiger partial charge is 0.0373 e. The first-order valence-electron chi connectivity index (χ1n) is 3.92. The molecule has 0 aromatic carbocycles. The molecule has 0 amide bonds. The van der Waals surface area contributed by atoms with Gasteiger partial charge in [-0.15, -0.1) is 0 Å². The van der Waals surface area contributed by atoms with Crippen LogP contribution in [0.3, 0.4) is 0 Å². The lowest BCUT2D eigenvalue weighted by Crippen LogP contribution is -1.99. The third kappa shape index (κ3) is 3.16. The maximum Gasteiger partial charge on any atom is 0.0373 e. The molecule has 0 aliphatic carbocycles. The Hall–Kier alpha value is -1.35. The van der Waals surface area contributed by atoms with Crippen LogP contribution >= 0.6 is 0 Å². The number of anilines is 1. The normalized spacial score (nSPS) is 10.4. The SMILES string of the molecule is NC/C=C/CNc1ccncc1. The topological polar surface area (TPSA) is 50.9 Å². The van der Waals surface area contributed by atoms with Crippen LogP contribution in [0.15, 0.2) is 36.7 Å². The summed E-state index contributed by atoms with van der Waals surface area (Å²) in [5.74, 6) is 0. The number of hydrogen-bond donors (Lipinski definition) is 2. The van der Waals surface area contributed by atoms with Gasteiger partial charge in [-0.1, -0.05) is 12.2 Å². The van der Waals surface area contributed by atoms with E-state index in [0.717, 1.165) is 12.2 Å². The van der Waals surface area contributed by atoms with E-state index in [2.05, 4.69) is 10.3 Å². The van der Waals surface area contributed by atoms with Gasteiger partial charge < -0.3 is 11.1 Å². The van der Waals surface area contributed by atoms with Gasteiger partial charge in [0.1, 0.15) is 0 Å². The molecule has 12 heavy (non-hydrogen) atoms. The molecule has 0 aliphatic heterocycles. The van der Waals surface area contributed by atoms with Crippen LogP contribution in [0.2, 0.25) is 0 Å². The van der Waals surface area contributed by atoms with Crippen molar-refractivity contribution >= 4 is 5.69 Å². The van der Waals surface area contributed by atoms with Crippen molar-refractivity contribution in [3.8, 4) is 0 Å². The van der Waals surface area contributed by atoms with E-state index in [1.54, 1.807) is 12.4 Å². The van der Waals surface area contributed by atoms with Gasteiger partial charge in [0.25, 0.3) is 0 Å². The summed E-state index contributed by atoms with van der Waals surface area (Å²) >= 11 is 0. The molecule has 0 fully saturated rings. The van der Waals surface area contributed by atoms with Crippen molar-refractivity contribution in [1.82, 2.24) is 4.98 Å². The molecule has 3 N–H and O–H groups in total. The summed E-state index contributed by atoms with van der Waals surface area (Å²) in [4.78, 5) is 3.91. The number of nitrogens with zero attached hydrogens (tertiary/aromatic N) is 1. The molecule has 0 aliphatic rings. The molecule has 3 nitrogen and oxygen atoms in total. The van der Waals surface area contributed by atoms with Crippen LogP contribution in [0.4, 0.5) is 5.69 Å². The van der Waals surface area contributed by atoms with Crippen molar-refractivity contribution in [2.75, 3.05) is 18.4 Å². The number of pyridine rings is 1. The van der Waals surface area contributed by atoms with Gasteiger partial charge in [-0.3, -0.25) is 4.98 Å². The molecule has 0 spiro atoms. The van der Waals surface area contributed by atoms with Crippen LogP contribution in [-0.4, -0.2) is 18.1 Å². The number of hydrogen-bond acceptors (Lipinski definition) is 3. The highest BCUT2D eigenvalue weighted by Gasteiger charge is 1.84. The standard InChI is InChI=1S/C9H13N3/c10-5-1-2-6-12-9-3-7-11-8-4-9/h1-4,7-8H,5-6,10H2,(H,11,12)/b2-1+. The molecular formula is C9H13N3. The number of nitrogens with two attached hydrogens (primary N) is 1. The van der Waals surface area contributed by atoms with Gasteiger partial charge in [0.05, 0.1) is 0 Å². The zero-order valence-electron chi connectivity index (χ0n) is 6.90. The third-order valence-electron chi connectivity index (χ3n) is 1.41. The lowest BCUT2D eigenvalue weighted by Gasteiger charge is -2.00. The molecule has 1 rings (SSSR count). The van der Waals surface area contributed by atoms with E-state index >= 15 is 0 Å². The molecule has 0 bridgehead atoms. The van der Waals surface area contributed by atoms with Crippen molar-refractivity contribution < 1.29 is 0 Å². The van der Waals surface area contributed by atoms with Crippen molar-refractivity contribution in [1.29, 1.82) is 0 Å². The van der Waals surface area contributed by atoms with Gasteiger partial charge in [0, 0.05) is 31.2 Å². The molecule has 1 aromatic rings. The first-order chi connectivity index (χ1) is 5.93. The Kier molecular flexibility index (Phi) is 3.88. The Labute approximate surface area is 72.3 Å². The zero-order chi connectivity index (χ0) is 8.65. The molecule has 0 radical (unpaired) electrons. The van der Waals surface area contributed by atoms with E-state index < -0.39 is 0 Å². The Morgan fingerprint density at radius 2 is 2.08 bits per heavy atom. The molecular weight excluding hydrogens is 150 g/mol. The van der Waals surface area contributed by atoms with Gasteiger partial charge >= 0.3 is 0 Å². The number of rotatable bonds is 4. The minimum Gasteiger partial charge on any atom is -0.381 e. The summed E-state index contributed by atoms with van der Waals surface area (Å²) < 4.78 is 0. The van der Waals surface area contributed by atoms with Gasteiger partial charge in [-0.25, -0.2) is 0 Å². The molecule has 1 aromatic heterocycles. The summed E-state index contributed by atoms with van der Waals surface area (Å²) in [6.07, 6.45) is 7.44. The predicted molar refractivity (Wildman–Crippen MR) is 50.9 cm³/mol. The summed E-state index contributed by atoms with van der Waals surface area (Å²) in [6.45, 7) is 1.40. The highest BCUT2D eigenvalue weighted by molar-refractivity contribution is 5.41. The van der Waals surface area contributed by atoms with E-state index in [1.807, 2.05) is 24.3 Å². The van der Waals surface area contributed by atoms with Gasteiger partial charge in [-0.2, -0.15) is 0 Å². The third-order valence-corrected chi connectivity index (χ3v) is 1.41. The summed E-state index contributed by atoms with van der Waals surface area (Å²) in [5, 5.41) is 3.20. The van der Waals surface area contributed by atoms with Crippen LogP contribution in [0.1, 0.15) is 0 Å². The monoisotopic (exact) mass is 163 g/mol. The number of nitrogens with one attached hydrogen (secondary N) is 1. The minimum absolute atomic E-state index is 0.595. The quantitative estimate of drug-likeness (QED) is 0.651. The van der Waals surface area contributed by atoms with Crippen molar-refractivity contribution in [2.45, 2.75) is 0 Å². The minimum atomic E-state index is 0.595. The highest BCUT2D eigenvalue weighted by Crippen LogP contribution is 2.01. The molecule has 0 atom stereocenters. The fourth-order valence-electron chi connectivity index (χ4n) is 0.826. The van der Waals surface area contributed by atoms with Crippen molar-refractivity contribution in [3.05, 3.63) is 36.7 Å². The Morgan fingerprint density at radius 1 is 1.33 bits per heavy atom. The van der Waals surface area contributed by atoms with E-state index in [9.17, 15) is 0 Å². The molecule has 1 heterocycles. The number of aromatic nitrogens is 1. The predicted octanol–water partition coefficient (Wildman–Crippen LogP) is 1.01. The first-order valence-corrected chi connectivity index (χ1v) is 3.92. The first kappa shape index (κ1) is 8.74. The van der Waals surface area contributed by atoms with Gasteiger partial charge in [0.15, 0.2) is 0 Å². The maximum absolute atomic E-state index is 5.28. The van der Waals surface area contributed by atoms with Gasteiger partial charge in [-0.05, 0) is 12.1 Å². The van der Waals surface area contributed by atoms with E-state index in [4.69, 9.17) is 5.73 Å². The fourth-order valence-corrected chi connectivity index (χ4v) is 0.826. The Balaban J connectivity index is 2.29. The second kappa shape index (κ2) is 5.32. The van der Waals surface area contributed by atoms with Crippen LogP contribution in [-0.2, 0) is 0 Å². The molecule has 0 saturated heterocycles. The summed E-state index contributed by atoms with van der Waals surface area (Å²) in [5.41, 5.74) is 6.36. The van der Waals surface area contributed by atoms with Crippen LogP contribution in [0.25, 0.3) is 0 Å². The molecule has 64 valence electrons. The molecule has 3 heteroatoms. The van der Waals surface area contributed by atoms with Gasteiger partial charge in [0.2, 0.25) is 0 Å². The van der Waals surface area contributed by atoms with E-state index in [0.29, 0.717) is 6.54 Å². The van der Waals surface area contributed by atoms with Crippen LogP contribution in [0, 0.1) is 0 Å². The largest absolute Gasteiger partial charge is 0.381 e. The average molecular weight is 163 g/mol. The second-order valence-electron chi connectivity index (χ2n) is 2.32. The van der Waals surface area contributed by atoms with Crippen LogP contribution in [0.5, 0.6) is 0 Å².